The molecule has 0 amide bonds. The fraction of sp³-hybridized carbons (Fsp3) is 0.812. The Balaban J connectivity index is 4.32. The maximum atomic E-state index is 3.61. The van der Waals surface area contributed by atoms with E-state index in [-0.39, 0.29) is 0 Å². The lowest BCUT2D eigenvalue weighted by Crippen LogP contribution is -2.28. The lowest BCUT2D eigenvalue weighted by molar-refractivity contribution is 0.665. The van der Waals surface area contributed by atoms with Gasteiger partial charge in [0.1, 0.15) is 0 Å². The fourth-order valence-corrected chi connectivity index (χ4v) is 4.89. The molecule has 0 unspecified atom stereocenters. The van der Waals surface area contributed by atoms with E-state index in [9.17, 15) is 0 Å². The van der Waals surface area contributed by atoms with Crippen molar-refractivity contribution in [2.45, 2.75) is 84.9 Å². The second-order valence-corrected chi connectivity index (χ2v) is 10.4. The summed E-state index contributed by atoms with van der Waals surface area (Å²) in [6.45, 7) is 11.6. The summed E-state index contributed by atoms with van der Waals surface area (Å²) in [5, 5.41) is 0. The molecule has 0 aromatic heterocycles. The predicted octanol–water partition coefficient (Wildman–Crippen LogP) is 6.11. The van der Waals surface area contributed by atoms with Crippen molar-refractivity contribution in [1.82, 2.24) is 0 Å². The van der Waals surface area contributed by atoms with Gasteiger partial charge in [0.2, 0.25) is 0 Å². The highest BCUT2D eigenvalue weighted by Gasteiger charge is 2.22. The largest absolute Gasteiger partial charge is 0.131 e. The molecular weight excluding hydrogens is 220 g/mol. The van der Waals surface area contributed by atoms with E-state index < -0.39 is 8.07 Å². The smallest absolute Gasteiger partial charge is 0.0865 e. The first kappa shape index (κ1) is 16.7. The summed E-state index contributed by atoms with van der Waals surface area (Å²) in [7, 11) is -1.09. The van der Waals surface area contributed by atoms with Crippen LogP contribution < -0.4 is 0 Å². The van der Waals surface area contributed by atoms with E-state index in [0.29, 0.717) is 0 Å². The average molecular weight is 253 g/mol. The number of rotatable bonds is 9. The van der Waals surface area contributed by atoms with Crippen LogP contribution >= 0.6 is 0 Å². The second-order valence-electron chi connectivity index (χ2n) is 5.30. The predicted molar refractivity (Wildman–Crippen MR) is 83.2 cm³/mol. The van der Waals surface area contributed by atoms with Gasteiger partial charge in [0.05, 0.1) is 8.07 Å². The Morgan fingerprint density at radius 2 is 1.53 bits per heavy atom. The van der Waals surface area contributed by atoms with Crippen molar-refractivity contribution >= 4 is 8.07 Å². The molecule has 0 spiro atoms. The lowest BCUT2D eigenvalue weighted by Gasteiger charge is -2.22. The van der Waals surface area contributed by atoms with Crippen molar-refractivity contribution in [3.05, 3.63) is 17.0 Å². The highest BCUT2D eigenvalue weighted by Crippen LogP contribution is 2.21. The van der Waals surface area contributed by atoms with E-state index >= 15 is 0 Å². The van der Waals surface area contributed by atoms with Crippen LogP contribution in [0.1, 0.15) is 66.7 Å². The molecule has 100 valence electrons. The molecule has 0 aliphatic carbocycles. The van der Waals surface area contributed by atoms with Crippen molar-refractivity contribution in [3.8, 4) is 0 Å². The SMILES string of the molecule is CCCCCCC(C)=C=C[Si](CC)(CC)CC. The van der Waals surface area contributed by atoms with Gasteiger partial charge in [-0.2, -0.15) is 0 Å². The van der Waals surface area contributed by atoms with Crippen LogP contribution in [0.3, 0.4) is 0 Å². The average Bonchev–Trinajstić information content (AvgIpc) is 2.37. The molecule has 17 heavy (non-hydrogen) atoms. The molecule has 0 aromatic rings. The minimum absolute atomic E-state index is 1.09. The van der Waals surface area contributed by atoms with Crippen LogP contribution in [0, 0.1) is 0 Å². The quantitative estimate of drug-likeness (QED) is 0.264. The van der Waals surface area contributed by atoms with Gasteiger partial charge in [-0.05, 0) is 25.3 Å². The van der Waals surface area contributed by atoms with Crippen molar-refractivity contribution in [3.63, 3.8) is 0 Å². The van der Waals surface area contributed by atoms with Crippen LogP contribution in [0.4, 0.5) is 0 Å². The summed E-state index contributed by atoms with van der Waals surface area (Å²) in [5.74, 6) is 0. The summed E-state index contributed by atoms with van der Waals surface area (Å²) in [5.41, 5.74) is 7.56. The Bertz CT molecular complexity index is 234. The minimum atomic E-state index is -1.09. The normalized spacial score (nSPS) is 11.1. The van der Waals surface area contributed by atoms with Crippen molar-refractivity contribution in [2.75, 3.05) is 0 Å². The zero-order valence-corrected chi connectivity index (χ0v) is 13.7. The van der Waals surface area contributed by atoms with Gasteiger partial charge in [0.15, 0.2) is 0 Å². The minimum Gasteiger partial charge on any atom is -0.131 e. The first-order valence-corrected chi connectivity index (χ1v) is 10.3. The summed E-state index contributed by atoms with van der Waals surface area (Å²) >= 11 is 0. The van der Waals surface area contributed by atoms with Crippen LogP contribution in [-0.4, -0.2) is 8.07 Å². The third-order valence-corrected chi connectivity index (χ3v) is 9.12. The van der Waals surface area contributed by atoms with Gasteiger partial charge in [0, 0.05) is 0 Å². The number of hydrogen-bond donors (Lipinski definition) is 0. The Morgan fingerprint density at radius 1 is 0.941 bits per heavy atom. The lowest BCUT2D eigenvalue weighted by atomic mass is 10.1. The monoisotopic (exact) mass is 252 g/mol. The van der Waals surface area contributed by atoms with Gasteiger partial charge in [0.25, 0.3) is 0 Å². The third-order valence-electron chi connectivity index (χ3n) is 4.14. The molecule has 1 heteroatoms. The molecule has 0 saturated heterocycles. The molecule has 0 bridgehead atoms. The van der Waals surface area contributed by atoms with Gasteiger partial charge in [-0.25, -0.2) is 0 Å². The molecule has 0 aliphatic rings. The van der Waals surface area contributed by atoms with Crippen LogP contribution in [0.15, 0.2) is 17.0 Å². The van der Waals surface area contributed by atoms with E-state index in [1.807, 2.05) is 0 Å². The second kappa shape index (κ2) is 9.73. The summed E-state index contributed by atoms with van der Waals surface area (Å²) in [6, 6.07) is 4.11. The molecule has 0 nitrogen and oxygen atoms in total. The molecule has 0 saturated carbocycles. The maximum absolute atomic E-state index is 3.61. The van der Waals surface area contributed by atoms with E-state index in [1.54, 1.807) is 0 Å². The molecule has 0 aromatic carbocycles. The van der Waals surface area contributed by atoms with Crippen LogP contribution in [-0.2, 0) is 0 Å². The van der Waals surface area contributed by atoms with Gasteiger partial charge in [-0.15, -0.1) is 5.73 Å². The summed E-state index contributed by atoms with van der Waals surface area (Å²) in [6.07, 6.45) is 6.69. The zero-order chi connectivity index (χ0) is 13.1. The van der Waals surface area contributed by atoms with Crippen molar-refractivity contribution in [2.24, 2.45) is 0 Å². The molecule has 0 aliphatic heterocycles. The first-order chi connectivity index (χ1) is 8.14. The number of allylic oxidation sites excluding steroid dienone is 1. The Kier molecular flexibility index (Phi) is 9.58. The summed E-state index contributed by atoms with van der Waals surface area (Å²) < 4.78 is 0. The molecule has 0 rings (SSSR count). The van der Waals surface area contributed by atoms with Gasteiger partial charge in [-0.3, -0.25) is 0 Å². The van der Waals surface area contributed by atoms with E-state index in [0.717, 1.165) is 0 Å². The van der Waals surface area contributed by atoms with E-state index in [4.69, 9.17) is 0 Å². The molecule has 0 atom stereocenters. The Morgan fingerprint density at radius 3 is 2.00 bits per heavy atom. The molecule has 0 radical (unpaired) electrons. The van der Waals surface area contributed by atoms with Gasteiger partial charge >= 0.3 is 0 Å². The standard InChI is InChI=1S/C16H32Si/c1-6-10-11-12-13-16(5)14-15-17(7-2,8-3)9-4/h15H,6-13H2,1-5H3. The molecule has 0 N–H and O–H groups in total. The highest BCUT2D eigenvalue weighted by atomic mass is 28.3. The molecule has 0 fully saturated rings. The van der Waals surface area contributed by atoms with Crippen LogP contribution in [0.2, 0.25) is 18.1 Å². The summed E-state index contributed by atoms with van der Waals surface area (Å²) in [4.78, 5) is 0. The fourth-order valence-electron chi connectivity index (χ4n) is 2.22. The Labute approximate surface area is 110 Å². The number of hydrogen-bond acceptors (Lipinski definition) is 0. The first-order valence-electron chi connectivity index (χ1n) is 7.57. The van der Waals surface area contributed by atoms with Gasteiger partial charge in [-0.1, -0.05) is 70.8 Å². The topological polar surface area (TPSA) is 0 Å². The van der Waals surface area contributed by atoms with E-state index in [1.165, 1.54) is 55.8 Å². The van der Waals surface area contributed by atoms with Crippen LogP contribution in [0.25, 0.3) is 0 Å². The number of unbranched alkanes of at least 4 members (excludes halogenated alkanes) is 3. The molecule has 0 heterocycles. The van der Waals surface area contributed by atoms with E-state index in [2.05, 4.69) is 46.0 Å². The Hall–Kier alpha value is -0.263. The van der Waals surface area contributed by atoms with Crippen LogP contribution in [0.5, 0.6) is 0 Å². The maximum Gasteiger partial charge on any atom is 0.0865 e. The molecular formula is C16H32Si. The van der Waals surface area contributed by atoms with Crippen molar-refractivity contribution in [1.29, 1.82) is 0 Å². The highest BCUT2D eigenvalue weighted by molar-refractivity contribution is 6.84. The zero-order valence-electron chi connectivity index (χ0n) is 12.7. The van der Waals surface area contributed by atoms with Crippen molar-refractivity contribution < 1.29 is 0 Å². The van der Waals surface area contributed by atoms with Gasteiger partial charge < -0.3 is 0 Å². The third kappa shape index (κ3) is 6.91.